The molecule has 92 valence electrons. The molecule has 3 fully saturated rings. The minimum atomic E-state index is 0.448. The number of allylic oxidation sites excluding steroid dienone is 2. The third-order valence-electron chi connectivity index (χ3n) is 5.78. The first-order chi connectivity index (χ1) is 8.43. The second kappa shape index (κ2) is 3.90. The number of rotatable bonds is 0. The van der Waals surface area contributed by atoms with Crippen LogP contribution >= 0.6 is 0 Å². The van der Waals surface area contributed by atoms with Gasteiger partial charge in [0.05, 0.1) is 6.26 Å². The van der Waals surface area contributed by atoms with Crippen LogP contribution in [0.2, 0.25) is 0 Å². The molecule has 5 atom stereocenters. The van der Waals surface area contributed by atoms with E-state index in [0.29, 0.717) is 6.10 Å². The number of hydrogen-bond acceptors (Lipinski definition) is 1. The second-order valence-corrected chi connectivity index (χ2v) is 6.44. The van der Waals surface area contributed by atoms with E-state index in [4.69, 9.17) is 4.74 Å². The van der Waals surface area contributed by atoms with E-state index in [1.54, 1.807) is 5.57 Å². The Morgan fingerprint density at radius 2 is 1.94 bits per heavy atom. The zero-order valence-electron chi connectivity index (χ0n) is 10.5. The summed E-state index contributed by atoms with van der Waals surface area (Å²) in [6.45, 7) is 0. The molecule has 0 N–H and O–H groups in total. The number of fused-ring (bicyclic) bond motifs is 5. The SMILES string of the molecule is C1=COC2C(=C1)CCC1C3CCCCC3CC21. The molecule has 1 aliphatic heterocycles. The average Bonchev–Trinajstić information content (AvgIpc) is 2.78. The highest BCUT2D eigenvalue weighted by Gasteiger charge is 2.50. The van der Waals surface area contributed by atoms with Crippen molar-refractivity contribution in [1.82, 2.24) is 0 Å². The Morgan fingerprint density at radius 3 is 2.94 bits per heavy atom. The Bertz CT molecular complexity index is 368. The zero-order valence-corrected chi connectivity index (χ0v) is 10.5. The van der Waals surface area contributed by atoms with Gasteiger partial charge < -0.3 is 4.74 Å². The number of ether oxygens (including phenoxy) is 1. The summed E-state index contributed by atoms with van der Waals surface area (Å²) < 4.78 is 5.95. The maximum atomic E-state index is 5.95. The first kappa shape index (κ1) is 10.2. The van der Waals surface area contributed by atoms with Gasteiger partial charge >= 0.3 is 0 Å². The van der Waals surface area contributed by atoms with Gasteiger partial charge in [-0.15, -0.1) is 0 Å². The zero-order chi connectivity index (χ0) is 11.2. The minimum absolute atomic E-state index is 0.448. The first-order valence-electron chi connectivity index (χ1n) is 7.44. The predicted octanol–water partition coefficient (Wildman–Crippen LogP) is 4.06. The summed E-state index contributed by atoms with van der Waals surface area (Å²) in [6, 6.07) is 0. The third-order valence-corrected chi connectivity index (χ3v) is 5.78. The van der Waals surface area contributed by atoms with Crippen LogP contribution in [0, 0.1) is 23.7 Å². The molecule has 0 aromatic heterocycles. The number of hydrogen-bond donors (Lipinski definition) is 0. The maximum Gasteiger partial charge on any atom is 0.122 e. The van der Waals surface area contributed by atoms with Crippen LogP contribution in [-0.4, -0.2) is 6.10 Å². The van der Waals surface area contributed by atoms with Crippen LogP contribution < -0.4 is 0 Å². The molecule has 3 aliphatic carbocycles. The lowest BCUT2D eigenvalue weighted by atomic mass is 9.71. The third kappa shape index (κ3) is 1.51. The minimum Gasteiger partial charge on any atom is -0.493 e. The molecule has 0 spiro atoms. The van der Waals surface area contributed by atoms with Crippen LogP contribution in [0.4, 0.5) is 0 Å². The molecule has 1 heteroatoms. The lowest BCUT2D eigenvalue weighted by Gasteiger charge is -2.38. The highest BCUT2D eigenvalue weighted by molar-refractivity contribution is 5.24. The van der Waals surface area contributed by atoms with Gasteiger partial charge in [-0.05, 0) is 55.1 Å². The highest BCUT2D eigenvalue weighted by Crippen LogP contribution is 2.55. The lowest BCUT2D eigenvalue weighted by molar-refractivity contribution is 0.0586. The molecule has 5 unspecified atom stereocenters. The smallest absolute Gasteiger partial charge is 0.122 e. The molecule has 0 amide bonds. The Morgan fingerprint density at radius 1 is 1.00 bits per heavy atom. The molecule has 3 saturated carbocycles. The van der Waals surface area contributed by atoms with E-state index >= 15 is 0 Å². The van der Waals surface area contributed by atoms with Gasteiger partial charge in [0.15, 0.2) is 0 Å². The first-order valence-corrected chi connectivity index (χ1v) is 7.44. The predicted molar refractivity (Wildman–Crippen MR) is 68.4 cm³/mol. The fourth-order valence-corrected chi connectivity index (χ4v) is 5.12. The molecule has 1 nitrogen and oxygen atoms in total. The fourth-order valence-electron chi connectivity index (χ4n) is 5.12. The molecule has 0 aromatic rings. The van der Waals surface area contributed by atoms with E-state index in [0.717, 1.165) is 23.7 Å². The summed E-state index contributed by atoms with van der Waals surface area (Å²) in [5, 5.41) is 0. The topological polar surface area (TPSA) is 9.23 Å². The normalized spacial score (nSPS) is 47.5. The summed E-state index contributed by atoms with van der Waals surface area (Å²) in [5.41, 5.74) is 1.58. The summed E-state index contributed by atoms with van der Waals surface area (Å²) in [7, 11) is 0. The monoisotopic (exact) mass is 230 g/mol. The summed E-state index contributed by atoms with van der Waals surface area (Å²) in [6.07, 6.45) is 16.9. The van der Waals surface area contributed by atoms with Crippen molar-refractivity contribution in [3.8, 4) is 0 Å². The van der Waals surface area contributed by atoms with Gasteiger partial charge in [-0.25, -0.2) is 0 Å². The van der Waals surface area contributed by atoms with Crippen molar-refractivity contribution < 1.29 is 4.74 Å². The second-order valence-electron chi connectivity index (χ2n) is 6.44. The van der Waals surface area contributed by atoms with Gasteiger partial charge in [-0.2, -0.15) is 0 Å². The van der Waals surface area contributed by atoms with Gasteiger partial charge in [-0.3, -0.25) is 0 Å². The summed E-state index contributed by atoms with van der Waals surface area (Å²) >= 11 is 0. The van der Waals surface area contributed by atoms with Crippen molar-refractivity contribution in [2.75, 3.05) is 0 Å². The largest absolute Gasteiger partial charge is 0.493 e. The summed E-state index contributed by atoms with van der Waals surface area (Å²) in [5.74, 6) is 3.90. The molecule has 4 rings (SSSR count). The Labute approximate surface area is 104 Å². The van der Waals surface area contributed by atoms with Gasteiger partial charge in [0, 0.05) is 5.92 Å². The molecule has 0 radical (unpaired) electrons. The Hall–Kier alpha value is -0.720. The van der Waals surface area contributed by atoms with Gasteiger partial charge in [0.1, 0.15) is 6.10 Å². The molecule has 0 bridgehead atoms. The Kier molecular flexibility index (Phi) is 2.34. The van der Waals surface area contributed by atoms with E-state index < -0.39 is 0 Å². The van der Waals surface area contributed by atoms with E-state index in [1.165, 1.54) is 44.9 Å². The molecule has 0 aromatic carbocycles. The molecule has 4 aliphatic rings. The van der Waals surface area contributed by atoms with Crippen LogP contribution in [0.25, 0.3) is 0 Å². The van der Waals surface area contributed by atoms with Crippen LogP contribution in [0.3, 0.4) is 0 Å². The summed E-state index contributed by atoms with van der Waals surface area (Å²) in [4.78, 5) is 0. The van der Waals surface area contributed by atoms with Crippen molar-refractivity contribution in [2.24, 2.45) is 23.7 Å². The average molecular weight is 230 g/mol. The highest BCUT2D eigenvalue weighted by atomic mass is 16.5. The lowest BCUT2D eigenvalue weighted by Crippen LogP contribution is -2.35. The van der Waals surface area contributed by atoms with E-state index in [2.05, 4.69) is 12.2 Å². The van der Waals surface area contributed by atoms with Gasteiger partial charge in [0.2, 0.25) is 0 Å². The van der Waals surface area contributed by atoms with E-state index in [9.17, 15) is 0 Å². The van der Waals surface area contributed by atoms with Crippen LogP contribution in [0.1, 0.15) is 44.9 Å². The molecular formula is C16H22O. The van der Waals surface area contributed by atoms with Crippen molar-refractivity contribution in [3.05, 3.63) is 24.0 Å². The quantitative estimate of drug-likeness (QED) is 0.609. The molecule has 0 saturated heterocycles. The van der Waals surface area contributed by atoms with Gasteiger partial charge in [0.25, 0.3) is 0 Å². The van der Waals surface area contributed by atoms with Gasteiger partial charge in [-0.1, -0.05) is 25.3 Å². The van der Waals surface area contributed by atoms with Crippen molar-refractivity contribution in [1.29, 1.82) is 0 Å². The Balaban J connectivity index is 1.62. The van der Waals surface area contributed by atoms with E-state index in [-0.39, 0.29) is 0 Å². The van der Waals surface area contributed by atoms with Crippen molar-refractivity contribution in [3.63, 3.8) is 0 Å². The van der Waals surface area contributed by atoms with E-state index in [1.807, 2.05) is 6.26 Å². The fraction of sp³-hybridized carbons (Fsp3) is 0.750. The van der Waals surface area contributed by atoms with Crippen molar-refractivity contribution >= 4 is 0 Å². The molecule has 17 heavy (non-hydrogen) atoms. The van der Waals surface area contributed by atoms with Crippen LogP contribution in [-0.2, 0) is 4.74 Å². The standard InChI is InChI=1S/C16H22O/c1-2-6-13-12(4-1)10-15-14(13)8-7-11-5-3-9-17-16(11)15/h3,5,9,12-16H,1-2,4,6-8,10H2. The van der Waals surface area contributed by atoms with Crippen molar-refractivity contribution in [2.45, 2.75) is 51.0 Å². The molecular weight excluding hydrogens is 208 g/mol. The van der Waals surface area contributed by atoms with Crippen LogP contribution in [0.15, 0.2) is 24.0 Å². The van der Waals surface area contributed by atoms with Crippen LogP contribution in [0.5, 0.6) is 0 Å². The maximum absolute atomic E-state index is 5.95. The molecule has 1 heterocycles.